The Labute approximate surface area is 99.1 Å². The van der Waals surface area contributed by atoms with Gasteiger partial charge in [-0.25, -0.2) is 0 Å². The smallest absolute Gasteiger partial charge is 0.0794 e. The minimum atomic E-state index is 0.00847. The zero-order chi connectivity index (χ0) is 11.7. The van der Waals surface area contributed by atoms with E-state index in [1.807, 2.05) is 30.4 Å². The fourth-order valence-corrected chi connectivity index (χ4v) is 2.64. The van der Waals surface area contributed by atoms with E-state index in [4.69, 9.17) is 5.73 Å². The predicted octanol–water partition coefficient (Wildman–Crippen LogP) is 1.74. The summed E-state index contributed by atoms with van der Waals surface area (Å²) >= 11 is 1.65. The van der Waals surface area contributed by atoms with Gasteiger partial charge >= 0.3 is 0 Å². The lowest BCUT2D eigenvalue weighted by atomic mass is 10.0. The van der Waals surface area contributed by atoms with Crippen molar-refractivity contribution in [2.45, 2.75) is 26.3 Å². The van der Waals surface area contributed by atoms with Gasteiger partial charge in [0.2, 0.25) is 0 Å². The van der Waals surface area contributed by atoms with Crippen molar-refractivity contribution < 1.29 is 0 Å². The molecule has 4 nitrogen and oxygen atoms in total. The van der Waals surface area contributed by atoms with Crippen LogP contribution >= 0.6 is 11.3 Å². The summed E-state index contributed by atoms with van der Waals surface area (Å²) in [5.41, 5.74) is 11.4. The molecule has 2 heterocycles. The van der Waals surface area contributed by atoms with E-state index in [2.05, 4.69) is 17.0 Å². The van der Waals surface area contributed by atoms with E-state index in [1.54, 1.807) is 11.3 Å². The molecule has 0 radical (unpaired) electrons. The number of hydrogen-bond donors (Lipinski definition) is 1. The second-order valence-corrected chi connectivity index (χ2v) is 4.96. The molecule has 1 unspecified atom stereocenters. The van der Waals surface area contributed by atoms with Gasteiger partial charge in [0.05, 0.1) is 11.2 Å². The van der Waals surface area contributed by atoms with Crippen molar-refractivity contribution in [3.63, 3.8) is 0 Å². The number of aromatic nitrogens is 3. The highest BCUT2D eigenvalue weighted by molar-refractivity contribution is 7.09. The summed E-state index contributed by atoms with van der Waals surface area (Å²) in [7, 11) is 1.95. The molecule has 0 aromatic carbocycles. The molecule has 0 aliphatic heterocycles. The number of thiazole rings is 1. The third kappa shape index (κ3) is 2.01. The molecule has 2 N–H and O–H groups in total. The quantitative estimate of drug-likeness (QED) is 0.883. The van der Waals surface area contributed by atoms with E-state index >= 15 is 0 Å². The summed E-state index contributed by atoms with van der Waals surface area (Å²) in [6, 6.07) is 0.00847. The Morgan fingerprint density at radius 3 is 2.75 bits per heavy atom. The average molecular weight is 236 g/mol. The molecule has 2 rings (SSSR count). The van der Waals surface area contributed by atoms with Crippen molar-refractivity contribution in [2.75, 3.05) is 0 Å². The van der Waals surface area contributed by atoms with Crippen molar-refractivity contribution in [2.24, 2.45) is 12.8 Å². The van der Waals surface area contributed by atoms with E-state index in [9.17, 15) is 0 Å². The lowest BCUT2D eigenvalue weighted by Gasteiger charge is -2.10. The van der Waals surface area contributed by atoms with Crippen molar-refractivity contribution in [1.82, 2.24) is 14.8 Å². The predicted molar refractivity (Wildman–Crippen MR) is 65.4 cm³/mol. The van der Waals surface area contributed by atoms with Crippen LogP contribution in [0.1, 0.15) is 27.9 Å². The molecule has 0 spiro atoms. The molecule has 16 heavy (non-hydrogen) atoms. The van der Waals surface area contributed by atoms with Crippen LogP contribution in [-0.4, -0.2) is 14.8 Å². The number of nitrogens with zero attached hydrogens (tertiary/aromatic N) is 3. The standard InChI is InChI=1S/C11H16N4S/c1-7-11(8(2)15(3)14-7)10(12)4-9-5-13-6-16-9/h5-6,10H,4,12H2,1-3H3. The Morgan fingerprint density at radius 2 is 2.25 bits per heavy atom. The van der Waals surface area contributed by atoms with Crippen LogP contribution in [0.3, 0.4) is 0 Å². The molecule has 0 fully saturated rings. The molecule has 0 aliphatic rings. The van der Waals surface area contributed by atoms with Gasteiger partial charge in [0, 0.05) is 41.8 Å². The molecule has 1 atom stereocenters. The second kappa shape index (κ2) is 4.35. The normalized spacial score (nSPS) is 13.0. The summed E-state index contributed by atoms with van der Waals surface area (Å²) in [4.78, 5) is 5.28. The lowest BCUT2D eigenvalue weighted by molar-refractivity contribution is 0.705. The molecular weight excluding hydrogens is 220 g/mol. The monoisotopic (exact) mass is 236 g/mol. The van der Waals surface area contributed by atoms with Gasteiger partial charge in [0.25, 0.3) is 0 Å². The first-order chi connectivity index (χ1) is 7.59. The first-order valence-corrected chi connectivity index (χ1v) is 6.10. The molecule has 0 aliphatic carbocycles. The minimum Gasteiger partial charge on any atom is -0.324 e. The Balaban J connectivity index is 2.24. The van der Waals surface area contributed by atoms with Crippen LogP contribution in [0.5, 0.6) is 0 Å². The van der Waals surface area contributed by atoms with Crippen LogP contribution in [0.4, 0.5) is 0 Å². The molecule has 5 heteroatoms. The highest BCUT2D eigenvalue weighted by Crippen LogP contribution is 2.23. The highest BCUT2D eigenvalue weighted by Gasteiger charge is 2.17. The van der Waals surface area contributed by atoms with Gasteiger partial charge in [-0.15, -0.1) is 11.3 Å². The van der Waals surface area contributed by atoms with Crippen LogP contribution in [0.25, 0.3) is 0 Å². The first-order valence-electron chi connectivity index (χ1n) is 5.22. The van der Waals surface area contributed by atoms with Crippen molar-refractivity contribution in [3.05, 3.63) is 33.5 Å². The number of nitrogens with two attached hydrogens (primary N) is 1. The topological polar surface area (TPSA) is 56.7 Å². The highest BCUT2D eigenvalue weighted by atomic mass is 32.1. The average Bonchev–Trinajstić information content (AvgIpc) is 2.77. The van der Waals surface area contributed by atoms with Gasteiger partial charge in [-0.2, -0.15) is 5.10 Å². The molecule has 2 aromatic heterocycles. The zero-order valence-electron chi connectivity index (χ0n) is 9.77. The van der Waals surface area contributed by atoms with Crippen LogP contribution in [-0.2, 0) is 13.5 Å². The summed E-state index contributed by atoms with van der Waals surface area (Å²) in [5, 5.41) is 4.39. The largest absolute Gasteiger partial charge is 0.324 e. The van der Waals surface area contributed by atoms with Crippen molar-refractivity contribution in [1.29, 1.82) is 0 Å². The van der Waals surface area contributed by atoms with E-state index in [0.717, 1.165) is 23.4 Å². The lowest BCUT2D eigenvalue weighted by Crippen LogP contribution is -2.14. The van der Waals surface area contributed by atoms with E-state index in [-0.39, 0.29) is 6.04 Å². The van der Waals surface area contributed by atoms with E-state index in [0.29, 0.717) is 0 Å². The first kappa shape index (κ1) is 11.3. The molecular formula is C11H16N4S. The molecule has 0 saturated heterocycles. The maximum Gasteiger partial charge on any atom is 0.0794 e. The zero-order valence-corrected chi connectivity index (χ0v) is 10.6. The van der Waals surface area contributed by atoms with Crippen LogP contribution in [0.15, 0.2) is 11.7 Å². The Bertz CT molecular complexity index is 472. The van der Waals surface area contributed by atoms with Gasteiger partial charge < -0.3 is 5.73 Å². The van der Waals surface area contributed by atoms with E-state index in [1.165, 1.54) is 4.88 Å². The van der Waals surface area contributed by atoms with Crippen LogP contribution < -0.4 is 5.73 Å². The number of aryl methyl sites for hydroxylation is 2. The van der Waals surface area contributed by atoms with Gasteiger partial charge in [-0.05, 0) is 13.8 Å². The summed E-state index contributed by atoms with van der Waals surface area (Å²) < 4.78 is 1.89. The van der Waals surface area contributed by atoms with Gasteiger partial charge in [-0.1, -0.05) is 0 Å². The summed E-state index contributed by atoms with van der Waals surface area (Å²) in [6.07, 6.45) is 2.71. The van der Waals surface area contributed by atoms with Crippen LogP contribution in [0.2, 0.25) is 0 Å². The SMILES string of the molecule is Cc1nn(C)c(C)c1C(N)Cc1cncs1. The molecule has 86 valence electrons. The molecule has 0 saturated carbocycles. The van der Waals surface area contributed by atoms with Crippen molar-refractivity contribution in [3.8, 4) is 0 Å². The third-order valence-corrected chi connectivity index (χ3v) is 3.64. The number of rotatable bonds is 3. The minimum absolute atomic E-state index is 0.00847. The fraction of sp³-hybridized carbons (Fsp3) is 0.455. The van der Waals surface area contributed by atoms with E-state index < -0.39 is 0 Å². The Kier molecular flexibility index (Phi) is 3.07. The maximum absolute atomic E-state index is 6.23. The van der Waals surface area contributed by atoms with Gasteiger partial charge in [0.1, 0.15) is 0 Å². The van der Waals surface area contributed by atoms with Crippen molar-refractivity contribution >= 4 is 11.3 Å². The molecule has 2 aromatic rings. The molecule has 0 bridgehead atoms. The Hall–Kier alpha value is -1.20. The third-order valence-electron chi connectivity index (χ3n) is 2.84. The fourth-order valence-electron chi connectivity index (χ4n) is 1.99. The molecule has 0 amide bonds. The van der Waals surface area contributed by atoms with Gasteiger partial charge in [0.15, 0.2) is 0 Å². The Morgan fingerprint density at radius 1 is 1.50 bits per heavy atom. The maximum atomic E-state index is 6.23. The van der Waals surface area contributed by atoms with Crippen LogP contribution in [0, 0.1) is 13.8 Å². The summed E-state index contributed by atoms with van der Waals surface area (Å²) in [5.74, 6) is 0. The second-order valence-electron chi connectivity index (χ2n) is 3.99. The summed E-state index contributed by atoms with van der Waals surface area (Å²) in [6.45, 7) is 4.07. The van der Waals surface area contributed by atoms with Gasteiger partial charge in [-0.3, -0.25) is 9.67 Å². The number of hydrogen-bond acceptors (Lipinski definition) is 4.